The van der Waals surface area contributed by atoms with Crippen LogP contribution in [0.1, 0.15) is 27.3 Å². The van der Waals surface area contributed by atoms with Crippen LogP contribution in [0.5, 0.6) is 0 Å². The number of hydrogen-bond donors (Lipinski definition) is 2. The first-order chi connectivity index (χ1) is 16.4. The Morgan fingerprint density at radius 1 is 1.18 bits per heavy atom. The van der Waals surface area contributed by atoms with Crippen LogP contribution in [-0.2, 0) is 17.7 Å². The lowest BCUT2D eigenvalue weighted by Gasteiger charge is -2.09. The van der Waals surface area contributed by atoms with Crippen LogP contribution < -0.4 is 5.32 Å². The number of hydrogen-bond acceptors (Lipinski definition) is 6. The first-order valence-corrected chi connectivity index (χ1v) is 10.8. The van der Waals surface area contributed by atoms with E-state index >= 15 is 0 Å². The number of aromatic carboxylic acids is 1. The topological polar surface area (TPSA) is 119 Å². The van der Waals surface area contributed by atoms with Crippen molar-refractivity contribution in [2.45, 2.75) is 19.9 Å². The number of benzene rings is 2. The second-order valence-corrected chi connectivity index (χ2v) is 7.89. The average Bonchev–Trinajstić information content (AvgIpc) is 3.43. The first-order valence-electron chi connectivity index (χ1n) is 10.4. The maximum absolute atomic E-state index is 12.3. The third-order valence-electron chi connectivity index (χ3n) is 5.15. The molecule has 4 rings (SSSR count). The Labute approximate surface area is 199 Å². The minimum absolute atomic E-state index is 0.106. The van der Waals surface area contributed by atoms with E-state index in [4.69, 9.17) is 20.9 Å². The van der Waals surface area contributed by atoms with Crippen LogP contribution in [0.25, 0.3) is 11.3 Å². The lowest BCUT2D eigenvalue weighted by atomic mass is 10.1. The van der Waals surface area contributed by atoms with Gasteiger partial charge in [-0.3, -0.25) is 5.32 Å². The highest BCUT2D eigenvalue weighted by Gasteiger charge is 2.18. The van der Waals surface area contributed by atoms with Gasteiger partial charge in [-0.25, -0.2) is 14.6 Å². The Hall–Kier alpha value is -4.11. The van der Waals surface area contributed by atoms with Gasteiger partial charge in [0.1, 0.15) is 17.1 Å². The molecule has 2 N–H and O–H groups in total. The SMILES string of the molecule is Cc1noc(-c2ccc(Cn3cncc3C(=O)O)cc2)c1NC(=O)OCCc1ccccc1Cl. The number of aryl methyl sites for hydroxylation is 1. The molecule has 0 saturated heterocycles. The van der Waals surface area contributed by atoms with E-state index in [1.807, 2.05) is 30.3 Å². The summed E-state index contributed by atoms with van der Waals surface area (Å²) in [6, 6.07) is 14.7. The van der Waals surface area contributed by atoms with Crippen molar-refractivity contribution in [3.05, 3.63) is 88.6 Å². The second-order valence-electron chi connectivity index (χ2n) is 7.48. The number of ether oxygens (including phenoxy) is 1. The van der Waals surface area contributed by atoms with Crippen molar-refractivity contribution in [1.82, 2.24) is 14.7 Å². The molecule has 0 aliphatic heterocycles. The zero-order valence-corrected chi connectivity index (χ0v) is 19.0. The Kier molecular flexibility index (Phi) is 6.93. The fraction of sp³-hybridized carbons (Fsp3) is 0.167. The number of carboxylic acid groups (broad SMARTS) is 1. The van der Waals surface area contributed by atoms with Crippen molar-refractivity contribution in [1.29, 1.82) is 0 Å². The number of halogens is 1. The highest BCUT2D eigenvalue weighted by atomic mass is 35.5. The molecule has 0 aliphatic carbocycles. The van der Waals surface area contributed by atoms with E-state index in [0.29, 0.717) is 40.7 Å². The molecular formula is C24H21ClN4O5. The summed E-state index contributed by atoms with van der Waals surface area (Å²) in [7, 11) is 0. The van der Waals surface area contributed by atoms with E-state index < -0.39 is 12.1 Å². The molecule has 0 unspecified atom stereocenters. The van der Waals surface area contributed by atoms with Crippen LogP contribution in [0.15, 0.2) is 65.6 Å². The number of rotatable bonds is 8. The van der Waals surface area contributed by atoms with E-state index in [1.165, 1.54) is 12.5 Å². The second kappa shape index (κ2) is 10.2. The van der Waals surface area contributed by atoms with Gasteiger partial charge in [0.05, 0.1) is 19.1 Å². The third kappa shape index (κ3) is 5.26. The van der Waals surface area contributed by atoms with Crippen LogP contribution in [0.4, 0.5) is 10.5 Å². The molecule has 174 valence electrons. The molecule has 0 saturated carbocycles. The largest absolute Gasteiger partial charge is 0.477 e. The number of carbonyl (C=O) groups is 2. The predicted octanol–water partition coefficient (Wildman–Crippen LogP) is 5.04. The Balaban J connectivity index is 1.41. The molecule has 10 heteroatoms. The van der Waals surface area contributed by atoms with Crippen LogP contribution in [-0.4, -0.2) is 38.5 Å². The number of carbonyl (C=O) groups excluding carboxylic acids is 1. The number of imidazole rings is 1. The molecule has 34 heavy (non-hydrogen) atoms. The van der Waals surface area contributed by atoms with Gasteiger partial charge in [0, 0.05) is 23.6 Å². The number of carboxylic acids is 1. The highest BCUT2D eigenvalue weighted by Crippen LogP contribution is 2.31. The summed E-state index contributed by atoms with van der Waals surface area (Å²) in [4.78, 5) is 27.5. The van der Waals surface area contributed by atoms with Crippen LogP contribution >= 0.6 is 11.6 Å². The van der Waals surface area contributed by atoms with Gasteiger partial charge in [-0.15, -0.1) is 0 Å². The first kappa shape index (κ1) is 23.1. The molecule has 0 atom stereocenters. The van der Waals surface area contributed by atoms with Gasteiger partial charge in [0.25, 0.3) is 0 Å². The number of anilines is 1. The van der Waals surface area contributed by atoms with Gasteiger partial charge in [0.15, 0.2) is 5.76 Å². The molecule has 0 fully saturated rings. The Morgan fingerprint density at radius 2 is 1.94 bits per heavy atom. The summed E-state index contributed by atoms with van der Waals surface area (Å²) >= 11 is 6.13. The van der Waals surface area contributed by atoms with Crippen LogP contribution in [0.3, 0.4) is 0 Å². The Bertz CT molecular complexity index is 1310. The number of nitrogens with zero attached hydrogens (tertiary/aromatic N) is 3. The van der Waals surface area contributed by atoms with Gasteiger partial charge in [-0.2, -0.15) is 0 Å². The standard InChI is InChI=1S/C24H21ClN4O5/c1-15-21(27-24(32)33-11-10-17-4-2-3-5-19(17)25)22(34-28-15)18-8-6-16(7-9-18)13-29-14-26-12-20(29)23(30)31/h2-9,12,14H,10-11,13H2,1H3,(H,27,32)(H,30,31). The number of nitrogens with one attached hydrogen (secondary N) is 1. The molecule has 0 radical (unpaired) electrons. The Morgan fingerprint density at radius 3 is 2.68 bits per heavy atom. The molecule has 2 heterocycles. The fourth-order valence-corrected chi connectivity index (χ4v) is 3.62. The molecule has 4 aromatic rings. The minimum Gasteiger partial charge on any atom is -0.477 e. The quantitative estimate of drug-likeness (QED) is 0.362. The van der Waals surface area contributed by atoms with Crippen molar-refractivity contribution in [2.24, 2.45) is 0 Å². The van der Waals surface area contributed by atoms with Gasteiger partial charge in [0.2, 0.25) is 0 Å². The molecule has 2 aromatic carbocycles. The van der Waals surface area contributed by atoms with E-state index in [2.05, 4.69) is 15.5 Å². The third-order valence-corrected chi connectivity index (χ3v) is 5.52. The molecule has 9 nitrogen and oxygen atoms in total. The van der Waals surface area contributed by atoms with Crippen molar-refractivity contribution in [2.75, 3.05) is 11.9 Å². The van der Waals surface area contributed by atoms with E-state index in [1.54, 1.807) is 29.7 Å². The summed E-state index contributed by atoms with van der Waals surface area (Å²) < 4.78 is 12.3. The lowest BCUT2D eigenvalue weighted by molar-refractivity contribution is 0.0685. The monoisotopic (exact) mass is 480 g/mol. The predicted molar refractivity (Wildman–Crippen MR) is 125 cm³/mol. The minimum atomic E-state index is -1.04. The smallest absolute Gasteiger partial charge is 0.411 e. The van der Waals surface area contributed by atoms with Crippen molar-refractivity contribution in [3.8, 4) is 11.3 Å². The van der Waals surface area contributed by atoms with E-state index in [9.17, 15) is 14.7 Å². The summed E-state index contributed by atoms with van der Waals surface area (Å²) in [5.74, 6) is -0.651. The van der Waals surface area contributed by atoms with Crippen LogP contribution in [0, 0.1) is 6.92 Å². The molecule has 0 spiro atoms. The lowest BCUT2D eigenvalue weighted by Crippen LogP contribution is -2.16. The summed E-state index contributed by atoms with van der Waals surface area (Å²) in [5.41, 5.74) is 3.48. The zero-order chi connectivity index (χ0) is 24.1. The van der Waals surface area contributed by atoms with Gasteiger partial charge >= 0.3 is 12.1 Å². The van der Waals surface area contributed by atoms with Gasteiger partial charge < -0.3 is 18.9 Å². The van der Waals surface area contributed by atoms with Crippen molar-refractivity contribution < 1.29 is 24.0 Å². The summed E-state index contributed by atoms with van der Waals surface area (Å²) in [6.07, 6.45) is 2.64. The van der Waals surface area contributed by atoms with Crippen LogP contribution in [0.2, 0.25) is 5.02 Å². The number of aromatic nitrogens is 3. The molecule has 0 bridgehead atoms. The normalized spacial score (nSPS) is 10.8. The number of amides is 1. The molecule has 1 amide bonds. The van der Waals surface area contributed by atoms with Gasteiger partial charge in [-0.05, 0) is 24.1 Å². The van der Waals surface area contributed by atoms with Crippen molar-refractivity contribution in [3.63, 3.8) is 0 Å². The average molecular weight is 481 g/mol. The maximum atomic E-state index is 12.3. The molecule has 0 aliphatic rings. The van der Waals surface area contributed by atoms with Crippen molar-refractivity contribution >= 4 is 29.4 Å². The summed E-state index contributed by atoms with van der Waals surface area (Å²) in [5, 5.41) is 16.5. The fourth-order valence-electron chi connectivity index (χ4n) is 3.39. The molecule has 2 aromatic heterocycles. The molecular weight excluding hydrogens is 460 g/mol. The zero-order valence-electron chi connectivity index (χ0n) is 18.2. The highest BCUT2D eigenvalue weighted by molar-refractivity contribution is 6.31. The summed E-state index contributed by atoms with van der Waals surface area (Å²) in [6.45, 7) is 2.23. The van der Waals surface area contributed by atoms with E-state index in [-0.39, 0.29) is 12.3 Å². The van der Waals surface area contributed by atoms with E-state index in [0.717, 1.165) is 11.1 Å². The maximum Gasteiger partial charge on any atom is 0.411 e. The van der Waals surface area contributed by atoms with Gasteiger partial charge in [-0.1, -0.05) is 59.2 Å².